The van der Waals surface area contributed by atoms with Crippen molar-refractivity contribution in [2.24, 2.45) is 0 Å². The molecule has 0 aromatic rings. The van der Waals surface area contributed by atoms with E-state index in [0.717, 1.165) is 0 Å². The van der Waals surface area contributed by atoms with Gasteiger partial charge in [-0.05, 0) is 23.2 Å². The Hall–Kier alpha value is -0.150. The molecule has 8 heavy (non-hydrogen) atoms. The van der Waals surface area contributed by atoms with Gasteiger partial charge in [0.05, 0.1) is 0 Å². The van der Waals surface area contributed by atoms with Crippen molar-refractivity contribution >= 4 is 33.7 Å². The van der Waals surface area contributed by atoms with E-state index in [2.05, 4.69) is 23.2 Å². The lowest BCUT2D eigenvalue weighted by molar-refractivity contribution is -0.125. The molecule has 0 aliphatic heterocycles. The molecule has 5 heteroatoms. The highest BCUT2D eigenvalue weighted by atomic mass is 35.5. The minimum Gasteiger partial charge on any atom is -0.277 e. The van der Waals surface area contributed by atoms with Crippen LogP contribution in [-0.4, -0.2) is 16.7 Å². The molecule has 0 aromatic heterocycles. The topological polar surface area (TPSA) is 34.1 Å². The molecule has 0 saturated carbocycles. The number of rotatable bonds is 2. The third kappa shape index (κ3) is 2.23. The fourth-order valence-corrected chi connectivity index (χ4v) is 0.343. The standard InChI is InChI=1S/C3HCl2FO2/c4-2(7)1(6)3(5)8/h1H. The van der Waals surface area contributed by atoms with Crippen LogP contribution in [0.2, 0.25) is 0 Å². The van der Waals surface area contributed by atoms with Crippen LogP contribution >= 0.6 is 23.2 Å². The van der Waals surface area contributed by atoms with E-state index >= 15 is 0 Å². The van der Waals surface area contributed by atoms with Gasteiger partial charge in [-0.25, -0.2) is 4.39 Å². The maximum atomic E-state index is 11.7. The summed E-state index contributed by atoms with van der Waals surface area (Å²) >= 11 is 9.01. The van der Waals surface area contributed by atoms with E-state index in [-0.39, 0.29) is 0 Å². The van der Waals surface area contributed by atoms with Crippen LogP contribution in [0.3, 0.4) is 0 Å². The third-order valence-electron chi connectivity index (χ3n) is 0.399. The van der Waals surface area contributed by atoms with E-state index < -0.39 is 16.7 Å². The van der Waals surface area contributed by atoms with Gasteiger partial charge in [0.2, 0.25) is 6.17 Å². The number of carbonyl (C=O) groups excluding carboxylic acids is 2. The molecule has 0 bridgehead atoms. The first kappa shape index (κ1) is 7.85. The van der Waals surface area contributed by atoms with Gasteiger partial charge in [0.1, 0.15) is 0 Å². The van der Waals surface area contributed by atoms with E-state index in [1.807, 2.05) is 0 Å². The fraction of sp³-hybridized carbons (Fsp3) is 0.333. The van der Waals surface area contributed by atoms with Gasteiger partial charge in [0.25, 0.3) is 10.5 Å². The minimum absolute atomic E-state index is 1.38. The van der Waals surface area contributed by atoms with Crippen LogP contribution in [0.25, 0.3) is 0 Å². The summed E-state index contributed by atoms with van der Waals surface area (Å²) in [5.41, 5.74) is 0. The SMILES string of the molecule is O=C(Cl)C(F)C(=O)Cl. The molecule has 0 fully saturated rings. The van der Waals surface area contributed by atoms with Gasteiger partial charge < -0.3 is 0 Å². The van der Waals surface area contributed by atoms with Crippen LogP contribution < -0.4 is 0 Å². The number of halogens is 3. The summed E-state index contributed by atoms with van der Waals surface area (Å²) < 4.78 is 11.7. The Balaban J connectivity index is 3.83. The molecule has 0 unspecified atom stereocenters. The summed E-state index contributed by atoms with van der Waals surface area (Å²) in [4.78, 5) is 19.3. The van der Waals surface area contributed by atoms with Crippen LogP contribution in [-0.2, 0) is 9.59 Å². The number of hydrogen-bond acceptors (Lipinski definition) is 2. The quantitative estimate of drug-likeness (QED) is 0.442. The summed E-state index contributed by atoms with van der Waals surface area (Å²) in [5.74, 6) is 0. The molecule has 0 spiro atoms. The Morgan fingerprint density at radius 2 is 1.50 bits per heavy atom. The average Bonchev–Trinajstić information content (AvgIpc) is 1.64. The van der Waals surface area contributed by atoms with E-state index in [0.29, 0.717) is 0 Å². The van der Waals surface area contributed by atoms with Crippen LogP contribution in [0.5, 0.6) is 0 Å². The van der Waals surface area contributed by atoms with E-state index in [9.17, 15) is 14.0 Å². The normalized spacial score (nSPS) is 9.50. The van der Waals surface area contributed by atoms with Gasteiger partial charge in [-0.2, -0.15) is 0 Å². The molecule has 2 nitrogen and oxygen atoms in total. The van der Waals surface area contributed by atoms with Crippen LogP contribution in [0, 0.1) is 0 Å². The predicted octanol–water partition coefficient (Wildman–Crippen LogP) is 0.855. The van der Waals surface area contributed by atoms with Crippen LogP contribution in [0.1, 0.15) is 0 Å². The molecule has 0 saturated heterocycles. The zero-order chi connectivity index (χ0) is 6.73. The molecule has 0 aliphatic carbocycles. The molecule has 0 N–H and O–H groups in total. The Bertz CT molecular complexity index is 110. The van der Waals surface area contributed by atoms with Gasteiger partial charge in [0.15, 0.2) is 0 Å². The zero-order valence-corrected chi connectivity index (χ0v) is 5.04. The van der Waals surface area contributed by atoms with Gasteiger partial charge in [-0.15, -0.1) is 0 Å². The lowest BCUT2D eigenvalue weighted by atomic mass is 10.5. The van der Waals surface area contributed by atoms with Crippen molar-refractivity contribution in [2.45, 2.75) is 6.17 Å². The Kier molecular flexibility index (Phi) is 2.94. The molecular formula is C3HCl2FO2. The van der Waals surface area contributed by atoms with Crippen molar-refractivity contribution in [2.75, 3.05) is 0 Å². The molecule has 0 heterocycles. The minimum atomic E-state index is -2.38. The van der Waals surface area contributed by atoms with Crippen molar-refractivity contribution in [3.8, 4) is 0 Å². The van der Waals surface area contributed by atoms with Crippen molar-refractivity contribution in [3.05, 3.63) is 0 Å². The maximum absolute atomic E-state index is 11.7. The molecule has 46 valence electrons. The van der Waals surface area contributed by atoms with E-state index in [1.165, 1.54) is 0 Å². The second-order valence-electron chi connectivity index (χ2n) is 0.971. The number of alkyl halides is 1. The van der Waals surface area contributed by atoms with Gasteiger partial charge >= 0.3 is 0 Å². The summed E-state index contributed by atoms with van der Waals surface area (Å²) in [7, 11) is 0. The molecule has 0 rings (SSSR count). The summed E-state index contributed by atoms with van der Waals surface area (Å²) in [6.07, 6.45) is -2.38. The van der Waals surface area contributed by atoms with Crippen molar-refractivity contribution < 1.29 is 14.0 Å². The Labute approximate surface area is 54.6 Å². The van der Waals surface area contributed by atoms with Crippen LogP contribution in [0.15, 0.2) is 0 Å². The van der Waals surface area contributed by atoms with E-state index in [4.69, 9.17) is 0 Å². The van der Waals surface area contributed by atoms with Crippen LogP contribution in [0.4, 0.5) is 4.39 Å². The summed E-state index contributed by atoms with van der Waals surface area (Å²) in [6, 6.07) is 0. The highest BCUT2D eigenvalue weighted by molar-refractivity contribution is 6.74. The van der Waals surface area contributed by atoms with Gasteiger partial charge in [0, 0.05) is 0 Å². The average molecular weight is 159 g/mol. The van der Waals surface area contributed by atoms with Crippen molar-refractivity contribution in [1.29, 1.82) is 0 Å². The number of hydrogen-bond donors (Lipinski definition) is 0. The van der Waals surface area contributed by atoms with Gasteiger partial charge in [-0.3, -0.25) is 9.59 Å². The molecule has 0 atom stereocenters. The molecule has 0 radical (unpaired) electrons. The second kappa shape index (κ2) is 2.99. The monoisotopic (exact) mass is 158 g/mol. The van der Waals surface area contributed by atoms with Crippen molar-refractivity contribution in [3.63, 3.8) is 0 Å². The zero-order valence-electron chi connectivity index (χ0n) is 3.53. The summed E-state index contributed by atoms with van der Waals surface area (Å²) in [5, 5.41) is -2.77. The first-order valence-electron chi connectivity index (χ1n) is 1.58. The van der Waals surface area contributed by atoms with Crippen molar-refractivity contribution in [1.82, 2.24) is 0 Å². The maximum Gasteiger partial charge on any atom is 0.265 e. The Morgan fingerprint density at radius 1 is 1.25 bits per heavy atom. The van der Waals surface area contributed by atoms with Gasteiger partial charge in [-0.1, -0.05) is 0 Å². The third-order valence-corrected chi connectivity index (χ3v) is 0.782. The molecule has 0 amide bonds. The van der Waals surface area contributed by atoms with E-state index in [1.54, 1.807) is 0 Å². The first-order valence-corrected chi connectivity index (χ1v) is 2.34. The highest BCUT2D eigenvalue weighted by Crippen LogP contribution is 2.00. The lowest BCUT2D eigenvalue weighted by Gasteiger charge is -1.89. The number of carbonyl (C=O) groups is 2. The highest BCUT2D eigenvalue weighted by Gasteiger charge is 2.21. The molecular weight excluding hydrogens is 158 g/mol. The Morgan fingerprint density at radius 3 is 1.50 bits per heavy atom. The molecule has 0 aromatic carbocycles. The fourth-order valence-electron chi connectivity index (χ4n) is 0.0892. The summed E-state index contributed by atoms with van der Waals surface area (Å²) in [6.45, 7) is 0. The predicted molar refractivity (Wildman–Crippen MR) is 26.6 cm³/mol. The largest absolute Gasteiger partial charge is 0.277 e. The lowest BCUT2D eigenvalue weighted by Crippen LogP contribution is -2.16. The second-order valence-corrected chi connectivity index (χ2v) is 1.72. The molecule has 0 aliphatic rings. The smallest absolute Gasteiger partial charge is 0.265 e. The first-order chi connectivity index (χ1) is 3.55.